The fraction of sp³-hybridized carbons (Fsp3) is 0.429. The summed E-state index contributed by atoms with van der Waals surface area (Å²) in [5, 5.41) is 7.40. The van der Waals surface area contributed by atoms with Gasteiger partial charge in [0.15, 0.2) is 0 Å². The molecule has 1 aromatic heterocycles. The Morgan fingerprint density at radius 1 is 1.37 bits per heavy atom. The van der Waals surface area contributed by atoms with Crippen LogP contribution in [0.5, 0.6) is 0 Å². The Morgan fingerprint density at radius 2 is 2.21 bits per heavy atom. The molecule has 0 saturated carbocycles. The van der Waals surface area contributed by atoms with Crippen molar-refractivity contribution >= 4 is 0 Å². The highest BCUT2D eigenvalue weighted by Crippen LogP contribution is 2.26. The van der Waals surface area contributed by atoms with E-state index in [1.54, 1.807) is 7.11 Å². The Labute approximate surface area is 112 Å². The van der Waals surface area contributed by atoms with Crippen LogP contribution in [0.1, 0.15) is 42.3 Å². The van der Waals surface area contributed by atoms with E-state index in [4.69, 9.17) is 9.26 Å². The van der Waals surface area contributed by atoms with Gasteiger partial charge in [0.05, 0.1) is 6.04 Å². The molecule has 3 rings (SSSR count). The summed E-state index contributed by atoms with van der Waals surface area (Å²) in [6.45, 7) is 1.01. The average molecular weight is 259 g/mol. The fourth-order valence-corrected chi connectivity index (χ4v) is 2.41. The molecule has 2 atom stereocenters. The molecule has 0 aliphatic carbocycles. The van der Waals surface area contributed by atoms with Gasteiger partial charge in [-0.2, -0.15) is 4.98 Å². The minimum absolute atomic E-state index is 0.189. The number of nitrogens with zero attached hydrogens (tertiary/aromatic N) is 2. The zero-order valence-corrected chi connectivity index (χ0v) is 10.9. The molecule has 1 N–H and O–H groups in total. The van der Waals surface area contributed by atoms with Gasteiger partial charge in [-0.15, -0.1) is 0 Å². The monoisotopic (exact) mass is 259 g/mol. The van der Waals surface area contributed by atoms with Crippen LogP contribution in [0.3, 0.4) is 0 Å². The Kier molecular flexibility index (Phi) is 3.57. The van der Waals surface area contributed by atoms with Gasteiger partial charge in [-0.1, -0.05) is 35.5 Å². The van der Waals surface area contributed by atoms with Crippen molar-refractivity contribution in [1.82, 2.24) is 15.5 Å². The summed E-state index contributed by atoms with van der Waals surface area (Å²) in [5.74, 6) is 1.24. The van der Waals surface area contributed by atoms with Crippen molar-refractivity contribution in [3.8, 4) is 0 Å². The number of hydrogen-bond acceptors (Lipinski definition) is 5. The Hall–Kier alpha value is -1.72. The molecular formula is C14H17N3O2. The third-order valence-electron chi connectivity index (χ3n) is 3.39. The van der Waals surface area contributed by atoms with E-state index >= 15 is 0 Å². The van der Waals surface area contributed by atoms with Gasteiger partial charge in [0, 0.05) is 7.11 Å². The molecule has 19 heavy (non-hydrogen) atoms. The number of hydrogen-bond donors (Lipinski definition) is 1. The maximum absolute atomic E-state index is 5.49. The maximum Gasteiger partial charge on any atom is 0.243 e. The molecule has 5 nitrogen and oxygen atoms in total. The first-order valence-electron chi connectivity index (χ1n) is 6.53. The Balaban J connectivity index is 1.84. The highest BCUT2D eigenvalue weighted by molar-refractivity contribution is 5.22. The lowest BCUT2D eigenvalue weighted by Crippen LogP contribution is -2.13. The summed E-state index contributed by atoms with van der Waals surface area (Å²) in [7, 11) is 1.65. The fourth-order valence-electron chi connectivity index (χ4n) is 2.41. The standard InChI is InChI=1S/C14H17N3O2/c1-18-12(10-6-3-2-4-7-10)13-16-14(19-17-13)11-8-5-9-15-11/h2-4,6-7,11-12,15H,5,8-9H2,1H3/t11-,12?/m1/s1. The molecule has 0 radical (unpaired) electrons. The first-order valence-corrected chi connectivity index (χ1v) is 6.53. The Morgan fingerprint density at radius 3 is 2.89 bits per heavy atom. The van der Waals surface area contributed by atoms with Gasteiger partial charge in [-0.3, -0.25) is 0 Å². The highest BCUT2D eigenvalue weighted by atomic mass is 16.5. The van der Waals surface area contributed by atoms with Gasteiger partial charge in [0.25, 0.3) is 0 Å². The molecule has 1 aromatic carbocycles. The summed E-state index contributed by atoms with van der Waals surface area (Å²) in [4.78, 5) is 4.47. The minimum atomic E-state index is -0.278. The number of nitrogens with one attached hydrogen (secondary N) is 1. The molecule has 2 aromatic rings. The maximum atomic E-state index is 5.49. The summed E-state index contributed by atoms with van der Waals surface area (Å²) >= 11 is 0. The number of methoxy groups -OCH3 is 1. The third-order valence-corrected chi connectivity index (χ3v) is 3.39. The quantitative estimate of drug-likeness (QED) is 0.912. The van der Waals surface area contributed by atoms with Crippen LogP contribution in [0, 0.1) is 0 Å². The van der Waals surface area contributed by atoms with Crippen molar-refractivity contribution < 1.29 is 9.26 Å². The van der Waals surface area contributed by atoms with Gasteiger partial charge < -0.3 is 14.6 Å². The molecule has 0 spiro atoms. The highest BCUT2D eigenvalue weighted by Gasteiger charge is 2.25. The van der Waals surface area contributed by atoms with E-state index in [2.05, 4.69) is 15.5 Å². The van der Waals surface area contributed by atoms with E-state index in [9.17, 15) is 0 Å². The molecule has 2 heterocycles. The van der Waals surface area contributed by atoms with Crippen LogP contribution in [0.25, 0.3) is 0 Å². The van der Waals surface area contributed by atoms with Crippen molar-refractivity contribution in [3.05, 3.63) is 47.6 Å². The van der Waals surface area contributed by atoms with Gasteiger partial charge in [0.2, 0.25) is 11.7 Å². The molecule has 0 bridgehead atoms. The first kappa shape index (κ1) is 12.3. The van der Waals surface area contributed by atoms with Crippen LogP contribution in [0.2, 0.25) is 0 Å². The second kappa shape index (κ2) is 5.50. The number of rotatable bonds is 4. The van der Waals surface area contributed by atoms with E-state index in [-0.39, 0.29) is 12.1 Å². The van der Waals surface area contributed by atoms with Crippen LogP contribution in [-0.2, 0) is 4.74 Å². The summed E-state index contributed by atoms with van der Waals surface area (Å²) < 4.78 is 10.8. The largest absolute Gasteiger partial charge is 0.369 e. The SMILES string of the molecule is COC(c1ccccc1)c1noc([C@H]2CCCN2)n1. The molecule has 100 valence electrons. The lowest BCUT2D eigenvalue weighted by atomic mass is 10.1. The van der Waals surface area contributed by atoms with Gasteiger partial charge >= 0.3 is 0 Å². The molecule has 1 aliphatic rings. The second-order valence-electron chi connectivity index (χ2n) is 4.67. The van der Waals surface area contributed by atoms with Gasteiger partial charge in [0.1, 0.15) is 6.10 Å². The number of aromatic nitrogens is 2. The van der Waals surface area contributed by atoms with Crippen molar-refractivity contribution in [2.75, 3.05) is 13.7 Å². The topological polar surface area (TPSA) is 60.2 Å². The molecule has 5 heteroatoms. The van der Waals surface area contributed by atoms with Crippen molar-refractivity contribution in [1.29, 1.82) is 0 Å². The molecule has 1 aliphatic heterocycles. The summed E-state index contributed by atoms with van der Waals surface area (Å²) in [6, 6.07) is 10.1. The van der Waals surface area contributed by atoms with E-state index in [1.165, 1.54) is 0 Å². The van der Waals surface area contributed by atoms with Crippen LogP contribution in [0.4, 0.5) is 0 Å². The molecule has 0 amide bonds. The van der Waals surface area contributed by atoms with E-state index in [1.807, 2.05) is 30.3 Å². The third kappa shape index (κ3) is 2.52. The molecular weight excluding hydrogens is 242 g/mol. The molecule has 1 unspecified atom stereocenters. The predicted molar refractivity (Wildman–Crippen MR) is 69.6 cm³/mol. The normalized spacial score (nSPS) is 20.6. The van der Waals surface area contributed by atoms with Gasteiger partial charge in [-0.05, 0) is 24.9 Å². The number of ether oxygens (including phenoxy) is 1. The van der Waals surface area contributed by atoms with Crippen LogP contribution in [-0.4, -0.2) is 23.8 Å². The van der Waals surface area contributed by atoms with Crippen LogP contribution >= 0.6 is 0 Å². The zero-order valence-electron chi connectivity index (χ0n) is 10.9. The van der Waals surface area contributed by atoms with E-state index < -0.39 is 0 Å². The average Bonchev–Trinajstić information content (AvgIpc) is 3.11. The number of benzene rings is 1. The van der Waals surface area contributed by atoms with Crippen molar-refractivity contribution in [2.45, 2.75) is 25.0 Å². The summed E-state index contributed by atoms with van der Waals surface area (Å²) in [5.41, 5.74) is 1.02. The zero-order chi connectivity index (χ0) is 13.1. The minimum Gasteiger partial charge on any atom is -0.369 e. The van der Waals surface area contributed by atoms with Crippen molar-refractivity contribution in [2.24, 2.45) is 0 Å². The second-order valence-corrected chi connectivity index (χ2v) is 4.67. The lowest BCUT2D eigenvalue weighted by molar-refractivity contribution is 0.126. The molecule has 1 saturated heterocycles. The van der Waals surface area contributed by atoms with Gasteiger partial charge in [-0.25, -0.2) is 0 Å². The van der Waals surface area contributed by atoms with Crippen LogP contribution < -0.4 is 5.32 Å². The Bertz CT molecular complexity index is 520. The van der Waals surface area contributed by atoms with Crippen LogP contribution in [0.15, 0.2) is 34.9 Å². The first-order chi connectivity index (χ1) is 9.38. The van der Waals surface area contributed by atoms with E-state index in [0.717, 1.165) is 24.9 Å². The smallest absolute Gasteiger partial charge is 0.243 e. The molecule has 1 fully saturated rings. The predicted octanol–water partition coefficient (Wildman–Crippen LogP) is 2.23. The van der Waals surface area contributed by atoms with E-state index in [0.29, 0.717) is 11.7 Å². The van der Waals surface area contributed by atoms with Crippen molar-refractivity contribution in [3.63, 3.8) is 0 Å². The summed E-state index contributed by atoms with van der Waals surface area (Å²) in [6.07, 6.45) is 1.92. The lowest BCUT2D eigenvalue weighted by Gasteiger charge is -2.11.